The van der Waals surface area contributed by atoms with Gasteiger partial charge in [0.1, 0.15) is 6.04 Å². The molecule has 0 aliphatic carbocycles. The number of carbonyl (C=O) groups excluding carboxylic acids is 2. The fourth-order valence-electron chi connectivity index (χ4n) is 5.82. The van der Waals surface area contributed by atoms with Crippen LogP contribution in [0.3, 0.4) is 0 Å². The lowest BCUT2D eigenvalue weighted by Crippen LogP contribution is -2.53. The number of likely N-dealkylation sites (tertiary alicyclic amines) is 2. The number of urea groups is 1. The van der Waals surface area contributed by atoms with E-state index in [-0.39, 0.29) is 41.7 Å². The number of carbonyl (C=O) groups is 2. The maximum atomic E-state index is 14.6. The first-order valence-corrected chi connectivity index (χ1v) is 15.4. The maximum absolute atomic E-state index is 14.6. The zero-order chi connectivity index (χ0) is 28.9. The van der Waals surface area contributed by atoms with Crippen molar-refractivity contribution in [1.82, 2.24) is 24.7 Å². The summed E-state index contributed by atoms with van der Waals surface area (Å²) in [7, 11) is 0. The third-order valence-electron chi connectivity index (χ3n) is 8.11. The molecule has 0 spiro atoms. The van der Waals surface area contributed by atoms with Gasteiger partial charge in [0.15, 0.2) is 11.6 Å². The summed E-state index contributed by atoms with van der Waals surface area (Å²) in [6.07, 6.45) is 5.77. The predicted octanol–water partition coefficient (Wildman–Crippen LogP) is 4.61. The lowest BCUT2D eigenvalue weighted by molar-refractivity contribution is -0.132. The lowest BCUT2D eigenvalue weighted by atomic mass is 9.93. The number of thioether (sulfide) groups is 1. The average molecular weight is 584 g/mol. The Balaban J connectivity index is 1.22. The molecular weight excluding hydrogens is 548 g/mol. The molecule has 218 valence electrons. The molecule has 0 bridgehead atoms. The highest BCUT2D eigenvalue weighted by atomic mass is 32.2. The largest absolute Gasteiger partial charge is 0.339 e. The van der Waals surface area contributed by atoms with Crippen LogP contribution in [0.4, 0.5) is 13.6 Å². The molecule has 0 radical (unpaired) electrons. The fraction of sp³-hybridized carbons (Fsp3) is 0.433. The number of hydrogen-bond acceptors (Lipinski definition) is 4. The minimum atomic E-state index is -0.903. The van der Waals surface area contributed by atoms with Gasteiger partial charge in [0.2, 0.25) is 5.91 Å². The molecule has 0 saturated carbocycles. The quantitative estimate of drug-likeness (QED) is 0.425. The molecule has 3 amide bonds. The third-order valence-corrected chi connectivity index (χ3v) is 8.70. The number of hydrogen-bond donors (Lipinski definition) is 2. The second kappa shape index (κ2) is 12.9. The van der Waals surface area contributed by atoms with E-state index in [4.69, 9.17) is 0 Å². The van der Waals surface area contributed by atoms with E-state index in [0.717, 1.165) is 17.3 Å². The van der Waals surface area contributed by atoms with Gasteiger partial charge in [-0.1, -0.05) is 42.5 Å². The van der Waals surface area contributed by atoms with Gasteiger partial charge in [0.05, 0.1) is 5.69 Å². The number of amides is 3. The number of piperidine rings is 1. The minimum Gasteiger partial charge on any atom is -0.339 e. The number of aromatic amines is 1. The van der Waals surface area contributed by atoms with Gasteiger partial charge in [-0.25, -0.2) is 18.4 Å². The maximum Gasteiger partial charge on any atom is 0.326 e. The standard InChI is InChI=1S/C30H35F2N5O3S/c1-41-17-16-36-18-21(23-8-5-9-24(31)27(23)32)10-11-25(28(36)38)33-29(39)35-14-12-22(13-15-35)37-19-26(34-30(37)40)20-6-3-2-4-7-20/h2-9,19,21-22,25H,10-18H2,1H3,(H,33,39)(H,34,40)/t21-,25-/m1/s1. The number of nitrogens with zero attached hydrogens (tertiary/aromatic N) is 3. The van der Waals surface area contributed by atoms with Gasteiger partial charge < -0.3 is 20.1 Å². The average Bonchev–Trinajstić information content (AvgIpc) is 3.32. The molecule has 2 saturated heterocycles. The van der Waals surface area contributed by atoms with Crippen molar-refractivity contribution in [3.05, 3.63) is 82.4 Å². The summed E-state index contributed by atoms with van der Waals surface area (Å²) in [6.45, 7) is 1.63. The van der Waals surface area contributed by atoms with Crippen molar-refractivity contribution in [2.75, 3.05) is 38.2 Å². The van der Waals surface area contributed by atoms with Crippen molar-refractivity contribution >= 4 is 23.7 Å². The summed E-state index contributed by atoms with van der Waals surface area (Å²) in [6, 6.07) is 12.7. The summed E-state index contributed by atoms with van der Waals surface area (Å²) in [5.41, 5.74) is 1.77. The van der Waals surface area contributed by atoms with Crippen molar-refractivity contribution in [2.45, 2.75) is 43.7 Å². The lowest BCUT2D eigenvalue weighted by Gasteiger charge is -2.33. The topological polar surface area (TPSA) is 90.4 Å². The SMILES string of the molecule is CSCCN1C[C@H](c2cccc(F)c2F)CC[C@@H](NC(=O)N2CCC(n3cc(-c4ccccc4)[nH]c3=O)CC2)C1=O. The molecule has 2 aliphatic rings. The van der Waals surface area contributed by atoms with Gasteiger partial charge in [0.25, 0.3) is 0 Å². The van der Waals surface area contributed by atoms with E-state index in [1.54, 1.807) is 32.2 Å². The molecule has 2 aliphatic heterocycles. The highest BCUT2D eigenvalue weighted by Crippen LogP contribution is 2.30. The number of imidazole rings is 1. The summed E-state index contributed by atoms with van der Waals surface area (Å²) >= 11 is 1.59. The molecule has 2 N–H and O–H groups in total. The Hall–Kier alpha value is -3.60. The van der Waals surface area contributed by atoms with Crippen LogP contribution in [0.25, 0.3) is 11.3 Å². The van der Waals surface area contributed by atoms with E-state index in [1.807, 2.05) is 42.8 Å². The van der Waals surface area contributed by atoms with Crippen LogP contribution < -0.4 is 11.0 Å². The normalized spacial score (nSPS) is 20.2. The first-order chi connectivity index (χ1) is 19.9. The molecule has 41 heavy (non-hydrogen) atoms. The van der Waals surface area contributed by atoms with Gasteiger partial charge in [-0.3, -0.25) is 9.36 Å². The van der Waals surface area contributed by atoms with E-state index in [1.165, 1.54) is 6.07 Å². The summed E-state index contributed by atoms with van der Waals surface area (Å²) in [4.78, 5) is 45.6. The van der Waals surface area contributed by atoms with Crippen LogP contribution in [-0.2, 0) is 4.79 Å². The van der Waals surface area contributed by atoms with Crippen molar-refractivity contribution in [3.8, 4) is 11.3 Å². The minimum absolute atomic E-state index is 0.0382. The van der Waals surface area contributed by atoms with Gasteiger partial charge in [-0.05, 0) is 49.1 Å². The first-order valence-electron chi connectivity index (χ1n) is 14.0. The van der Waals surface area contributed by atoms with Crippen LogP contribution in [0, 0.1) is 11.6 Å². The van der Waals surface area contributed by atoms with Gasteiger partial charge in [-0.2, -0.15) is 11.8 Å². The van der Waals surface area contributed by atoms with E-state index < -0.39 is 17.7 Å². The van der Waals surface area contributed by atoms with Crippen LogP contribution in [0.2, 0.25) is 0 Å². The Morgan fingerprint density at radius 2 is 1.78 bits per heavy atom. The number of aromatic nitrogens is 2. The number of rotatable bonds is 7. The number of halogens is 2. The molecule has 1 aromatic heterocycles. The summed E-state index contributed by atoms with van der Waals surface area (Å²) in [5.74, 6) is -1.65. The number of benzene rings is 2. The zero-order valence-electron chi connectivity index (χ0n) is 23.0. The van der Waals surface area contributed by atoms with Gasteiger partial charge >= 0.3 is 11.7 Å². The monoisotopic (exact) mass is 583 g/mol. The van der Waals surface area contributed by atoms with E-state index in [2.05, 4.69) is 10.3 Å². The van der Waals surface area contributed by atoms with Gasteiger partial charge in [-0.15, -0.1) is 0 Å². The Kier molecular flexibility index (Phi) is 9.12. The Labute approximate surface area is 242 Å². The molecule has 2 atom stereocenters. The molecule has 0 unspecified atom stereocenters. The van der Waals surface area contributed by atoms with Crippen LogP contribution >= 0.6 is 11.8 Å². The molecular formula is C30H35F2N5O3S. The smallest absolute Gasteiger partial charge is 0.326 e. The molecule has 3 aromatic rings. The summed E-state index contributed by atoms with van der Waals surface area (Å²) in [5, 5.41) is 2.92. The van der Waals surface area contributed by atoms with Gasteiger partial charge in [0, 0.05) is 50.1 Å². The van der Waals surface area contributed by atoms with Crippen LogP contribution in [0.15, 0.2) is 59.5 Å². The van der Waals surface area contributed by atoms with Crippen molar-refractivity contribution in [3.63, 3.8) is 0 Å². The Bertz CT molecular complexity index is 1420. The molecule has 2 fully saturated rings. The van der Waals surface area contributed by atoms with Crippen LogP contribution in [0.1, 0.15) is 43.2 Å². The zero-order valence-corrected chi connectivity index (χ0v) is 23.8. The van der Waals surface area contributed by atoms with Crippen molar-refractivity contribution in [2.24, 2.45) is 0 Å². The highest BCUT2D eigenvalue weighted by molar-refractivity contribution is 7.98. The van der Waals surface area contributed by atoms with Crippen LogP contribution in [-0.4, -0.2) is 75.5 Å². The highest BCUT2D eigenvalue weighted by Gasteiger charge is 2.35. The molecule has 8 nitrogen and oxygen atoms in total. The first kappa shape index (κ1) is 28.9. The second-order valence-corrected chi connectivity index (χ2v) is 11.6. The third kappa shape index (κ3) is 6.50. The number of nitrogens with one attached hydrogen (secondary N) is 2. The molecule has 3 heterocycles. The van der Waals surface area contributed by atoms with Crippen molar-refractivity contribution in [1.29, 1.82) is 0 Å². The predicted molar refractivity (Wildman–Crippen MR) is 156 cm³/mol. The van der Waals surface area contributed by atoms with E-state index in [9.17, 15) is 23.2 Å². The Morgan fingerprint density at radius 1 is 1.02 bits per heavy atom. The second-order valence-electron chi connectivity index (χ2n) is 10.7. The molecule has 5 rings (SSSR count). The summed E-state index contributed by atoms with van der Waals surface area (Å²) < 4.78 is 30.3. The fourth-order valence-corrected chi connectivity index (χ4v) is 6.22. The molecule has 11 heteroatoms. The van der Waals surface area contributed by atoms with Crippen molar-refractivity contribution < 1.29 is 18.4 Å². The van der Waals surface area contributed by atoms with E-state index >= 15 is 0 Å². The van der Waals surface area contributed by atoms with E-state index in [0.29, 0.717) is 51.1 Å². The molecule has 2 aromatic carbocycles. The van der Waals surface area contributed by atoms with Crippen LogP contribution in [0.5, 0.6) is 0 Å². The number of H-pyrrole nitrogens is 1. The Morgan fingerprint density at radius 3 is 2.51 bits per heavy atom.